The highest BCUT2D eigenvalue weighted by Gasteiger charge is 2.27. The average Bonchev–Trinajstić information content (AvgIpc) is 3.11. The van der Waals surface area contributed by atoms with Crippen molar-refractivity contribution in [2.45, 2.75) is 19.4 Å². The zero-order valence-electron chi connectivity index (χ0n) is 14.2. The highest BCUT2D eigenvalue weighted by Crippen LogP contribution is 2.30. The standard InChI is InChI=1S/C19H19ClN4OS/c20-15-7-2-1-5-13(15)11-22-17(25)14-6-4-10-24(12-14)19-23-16-8-3-9-21-18(16)26-19/h1-3,5,7-9,14H,4,6,10-12H2,(H,22,25). The van der Waals surface area contributed by atoms with Gasteiger partial charge in [0.05, 0.1) is 5.92 Å². The highest BCUT2D eigenvalue weighted by molar-refractivity contribution is 7.21. The predicted octanol–water partition coefficient (Wildman–Crippen LogP) is 3.88. The number of thiazole rings is 1. The summed E-state index contributed by atoms with van der Waals surface area (Å²) < 4.78 is 0. The van der Waals surface area contributed by atoms with Crippen molar-refractivity contribution in [1.82, 2.24) is 15.3 Å². The zero-order valence-corrected chi connectivity index (χ0v) is 15.8. The summed E-state index contributed by atoms with van der Waals surface area (Å²) in [5.41, 5.74) is 1.85. The number of carbonyl (C=O) groups is 1. The van der Waals surface area contributed by atoms with E-state index in [1.54, 1.807) is 17.5 Å². The van der Waals surface area contributed by atoms with E-state index in [2.05, 4.69) is 20.2 Å². The summed E-state index contributed by atoms with van der Waals surface area (Å²) in [6.45, 7) is 2.07. The monoisotopic (exact) mass is 386 g/mol. The Labute approximate surface area is 161 Å². The maximum absolute atomic E-state index is 12.6. The van der Waals surface area contributed by atoms with Crippen molar-refractivity contribution >= 4 is 44.3 Å². The van der Waals surface area contributed by atoms with Gasteiger partial charge in [-0.2, -0.15) is 0 Å². The third-order valence-electron chi connectivity index (χ3n) is 4.63. The Kier molecular flexibility index (Phi) is 5.04. The minimum absolute atomic E-state index is 0.0359. The number of pyridine rings is 1. The normalized spacial score (nSPS) is 17.4. The van der Waals surface area contributed by atoms with Gasteiger partial charge in [0, 0.05) is 30.9 Å². The Morgan fingerprint density at radius 1 is 1.31 bits per heavy atom. The van der Waals surface area contributed by atoms with Gasteiger partial charge in [0.15, 0.2) is 5.13 Å². The van der Waals surface area contributed by atoms with Gasteiger partial charge >= 0.3 is 0 Å². The molecule has 5 nitrogen and oxygen atoms in total. The van der Waals surface area contributed by atoms with Crippen molar-refractivity contribution in [3.63, 3.8) is 0 Å². The number of benzene rings is 1. The molecule has 134 valence electrons. The molecule has 0 bridgehead atoms. The summed E-state index contributed by atoms with van der Waals surface area (Å²) in [6.07, 6.45) is 3.66. The highest BCUT2D eigenvalue weighted by atomic mass is 35.5. The van der Waals surface area contributed by atoms with Gasteiger partial charge < -0.3 is 10.2 Å². The van der Waals surface area contributed by atoms with Crippen LogP contribution < -0.4 is 10.2 Å². The van der Waals surface area contributed by atoms with E-state index in [9.17, 15) is 4.79 Å². The second-order valence-corrected chi connectivity index (χ2v) is 7.78. The summed E-state index contributed by atoms with van der Waals surface area (Å²) >= 11 is 7.75. The number of hydrogen-bond acceptors (Lipinski definition) is 5. The first-order chi connectivity index (χ1) is 12.7. The van der Waals surface area contributed by atoms with Gasteiger partial charge in [-0.1, -0.05) is 41.1 Å². The molecule has 26 heavy (non-hydrogen) atoms. The maximum atomic E-state index is 12.6. The summed E-state index contributed by atoms with van der Waals surface area (Å²) in [7, 11) is 0. The number of anilines is 1. The van der Waals surface area contributed by atoms with Gasteiger partial charge in [-0.3, -0.25) is 4.79 Å². The lowest BCUT2D eigenvalue weighted by molar-refractivity contribution is -0.125. The van der Waals surface area contributed by atoms with Gasteiger partial charge in [-0.15, -0.1) is 0 Å². The van der Waals surface area contributed by atoms with Crippen LogP contribution in [0.15, 0.2) is 42.6 Å². The number of halogens is 1. The van der Waals surface area contributed by atoms with Crippen molar-refractivity contribution in [3.05, 3.63) is 53.2 Å². The molecule has 1 atom stereocenters. The van der Waals surface area contributed by atoms with E-state index in [1.165, 1.54) is 0 Å². The Balaban J connectivity index is 1.41. The lowest BCUT2D eigenvalue weighted by Crippen LogP contribution is -2.43. The quantitative estimate of drug-likeness (QED) is 0.739. The molecule has 1 aromatic carbocycles. The van der Waals surface area contributed by atoms with E-state index in [-0.39, 0.29) is 11.8 Å². The van der Waals surface area contributed by atoms with Crippen LogP contribution in [0.3, 0.4) is 0 Å². The molecule has 2 aromatic heterocycles. The van der Waals surface area contributed by atoms with E-state index in [0.717, 1.165) is 40.4 Å². The number of aromatic nitrogens is 2. The van der Waals surface area contributed by atoms with Crippen LogP contribution >= 0.6 is 22.9 Å². The molecule has 1 aliphatic heterocycles. The number of nitrogens with zero attached hydrogens (tertiary/aromatic N) is 3. The smallest absolute Gasteiger partial charge is 0.225 e. The maximum Gasteiger partial charge on any atom is 0.225 e. The molecular weight excluding hydrogens is 368 g/mol. The van der Waals surface area contributed by atoms with Crippen molar-refractivity contribution in [3.8, 4) is 0 Å². The molecule has 0 spiro atoms. The second-order valence-electron chi connectivity index (χ2n) is 6.42. The van der Waals surface area contributed by atoms with E-state index < -0.39 is 0 Å². The number of fused-ring (bicyclic) bond motifs is 1. The second kappa shape index (κ2) is 7.60. The number of amides is 1. The summed E-state index contributed by atoms with van der Waals surface area (Å²) in [5, 5.41) is 4.66. The fourth-order valence-electron chi connectivity index (χ4n) is 3.23. The average molecular weight is 387 g/mol. The van der Waals surface area contributed by atoms with Crippen LogP contribution in [0.4, 0.5) is 5.13 Å². The summed E-state index contributed by atoms with van der Waals surface area (Å²) in [5.74, 6) is 0.0417. The van der Waals surface area contributed by atoms with Crippen LogP contribution in [0.5, 0.6) is 0 Å². The molecule has 0 radical (unpaired) electrons. The van der Waals surface area contributed by atoms with E-state index in [4.69, 9.17) is 11.6 Å². The molecule has 1 unspecified atom stereocenters. The summed E-state index contributed by atoms with van der Waals surface area (Å²) in [6, 6.07) is 11.5. The molecule has 1 fully saturated rings. The van der Waals surface area contributed by atoms with Crippen LogP contribution in [-0.2, 0) is 11.3 Å². The van der Waals surface area contributed by atoms with E-state index in [1.807, 2.05) is 36.4 Å². The fourth-order valence-corrected chi connectivity index (χ4v) is 4.37. The van der Waals surface area contributed by atoms with Crippen molar-refractivity contribution in [1.29, 1.82) is 0 Å². The lowest BCUT2D eigenvalue weighted by Gasteiger charge is -2.31. The third kappa shape index (κ3) is 3.66. The molecular formula is C19H19ClN4OS. The minimum atomic E-state index is -0.0359. The first-order valence-electron chi connectivity index (χ1n) is 8.68. The van der Waals surface area contributed by atoms with Crippen LogP contribution in [0.1, 0.15) is 18.4 Å². The summed E-state index contributed by atoms with van der Waals surface area (Å²) in [4.78, 5) is 24.8. The first-order valence-corrected chi connectivity index (χ1v) is 9.88. The van der Waals surface area contributed by atoms with Crippen LogP contribution in [0.25, 0.3) is 10.3 Å². The minimum Gasteiger partial charge on any atom is -0.352 e. The first kappa shape index (κ1) is 17.2. The fraction of sp³-hybridized carbons (Fsp3) is 0.316. The molecule has 1 aliphatic rings. The topological polar surface area (TPSA) is 58.1 Å². The third-order valence-corrected chi connectivity index (χ3v) is 6.04. The molecule has 0 aliphatic carbocycles. The van der Waals surface area contributed by atoms with E-state index in [0.29, 0.717) is 18.1 Å². The van der Waals surface area contributed by atoms with Crippen molar-refractivity contribution in [2.24, 2.45) is 5.92 Å². The molecule has 4 rings (SSSR count). The molecule has 1 saturated heterocycles. The molecule has 1 amide bonds. The molecule has 0 saturated carbocycles. The van der Waals surface area contributed by atoms with Crippen molar-refractivity contribution in [2.75, 3.05) is 18.0 Å². The largest absolute Gasteiger partial charge is 0.352 e. The van der Waals surface area contributed by atoms with Crippen molar-refractivity contribution < 1.29 is 4.79 Å². The van der Waals surface area contributed by atoms with Gasteiger partial charge in [0.1, 0.15) is 10.3 Å². The molecule has 3 aromatic rings. The Morgan fingerprint density at radius 3 is 3.04 bits per heavy atom. The van der Waals surface area contributed by atoms with Crippen LogP contribution in [-0.4, -0.2) is 29.0 Å². The number of piperidine rings is 1. The Morgan fingerprint density at radius 2 is 2.19 bits per heavy atom. The Hall–Kier alpha value is -2.18. The molecule has 1 N–H and O–H groups in total. The van der Waals surface area contributed by atoms with Gasteiger partial charge in [0.2, 0.25) is 5.91 Å². The predicted molar refractivity (Wildman–Crippen MR) is 106 cm³/mol. The molecule has 3 heterocycles. The Bertz CT molecular complexity index is 896. The number of rotatable bonds is 4. The molecule has 7 heteroatoms. The van der Waals surface area contributed by atoms with Gasteiger partial charge in [-0.05, 0) is 36.6 Å². The van der Waals surface area contributed by atoms with Gasteiger partial charge in [-0.25, -0.2) is 9.97 Å². The number of hydrogen-bond donors (Lipinski definition) is 1. The SMILES string of the molecule is O=C(NCc1ccccc1Cl)C1CCCN(c2nc3cccnc3s2)C1. The van der Waals surface area contributed by atoms with E-state index >= 15 is 0 Å². The lowest BCUT2D eigenvalue weighted by atomic mass is 9.97. The number of nitrogens with one attached hydrogen (secondary N) is 1. The van der Waals surface area contributed by atoms with Crippen LogP contribution in [0.2, 0.25) is 5.02 Å². The number of carbonyl (C=O) groups excluding carboxylic acids is 1. The zero-order chi connectivity index (χ0) is 17.9. The van der Waals surface area contributed by atoms with Gasteiger partial charge in [0.25, 0.3) is 0 Å². The van der Waals surface area contributed by atoms with Crippen LogP contribution in [0, 0.1) is 5.92 Å².